The van der Waals surface area contributed by atoms with Gasteiger partial charge in [-0.1, -0.05) is 6.92 Å². The lowest BCUT2D eigenvalue weighted by atomic mass is 10.1. The van der Waals surface area contributed by atoms with E-state index >= 15 is 0 Å². The van der Waals surface area contributed by atoms with Gasteiger partial charge < -0.3 is 14.5 Å². The van der Waals surface area contributed by atoms with Gasteiger partial charge in [-0.2, -0.15) is 0 Å². The number of hydrogen-bond acceptors (Lipinski definition) is 3. The van der Waals surface area contributed by atoms with Gasteiger partial charge in [0.15, 0.2) is 8.32 Å². The van der Waals surface area contributed by atoms with E-state index in [-0.39, 0.29) is 0 Å². The summed E-state index contributed by atoms with van der Waals surface area (Å²) in [7, 11) is 0.400. The molecule has 4 heteroatoms. The summed E-state index contributed by atoms with van der Waals surface area (Å²) in [6, 6.07) is 1.18. The molecule has 3 nitrogen and oxygen atoms in total. The Hall–Kier alpha value is 0.0969. The summed E-state index contributed by atoms with van der Waals surface area (Å²) >= 11 is 0. The van der Waals surface area contributed by atoms with Crippen LogP contribution in [0.5, 0.6) is 0 Å². The van der Waals surface area contributed by atoms with Crippen LogP contribution in [0.15, 0.2) is 0 Å². The quantitative estimate of drug-likeness (QED) is 0.723. The summed E-state index contributed by atoms with van der Waals surface area (Å²) in [5.74, 6) is 0.601. The topological polar surface area (TPSA) is 30.5 Å². The van der Waals surface area contributed by atoms with Gasteiger partial charge in [-0.3, -0.25) is 0 Å². The van der Waals surface area contributed by atoms with Gasteiger partial charge in [0.2, 0.25) is 0 Å². The molecular weight excluding hydrogens is 194 g/mol. The van der Waals surface area contributed by atoms with Crippen molar-refractivity contribution in [1.82, 2.24) is 5.32 Å². The van der Waals surface area contributed by atoms with Crippen LogP contribution in [0.3, 0.4) is 0 Å². The van der Waals surface area contributed by atoms with Crippen LogP contribution in [0.1, 0.15) is 6.92 Å². The van der Waals surface area contributed by atoms with E-state index in [9.17, 15) is 0 Å². The van der Waals surface area contributed by atoms with Crippen LogP contribution in [0.25, 0.3) is 0 Å². The molecule has 1 saturated heterocycles. The Kier molecular flexibility index (Phi) is 4.57. The predicted molar refractivity (Wildman–Crippen MR) is 61.1 cm³/mol. The van der Waals surface area contributed by atoms with E-state index in [0.29, 0.717) is 12.0 Å². The number of nitrogens with one attached hydrogen (secondary N) is 1. The van der Waals surface area contributed by atoms with Gasteiger partial charge in [0.1, 0.15) is 0 Å². The molecule has 1 rings (SSSR count). The third-order valence-corrected chi connectivity index (χ3v) is 5.69. The third-order valence-electron chi connectivity index (χ3n) is 2.96. The Balaban J connectivity index is 2.36. The minimum absolute atomic E-state index is 0.380. The van der Waals surface area contributed by atoms with E-state index in [2.05, 4.69) is 25.3 Å². The summed E-state index contributed by atoms with van der Waals surface area (Å²) in [6.45, 7) is 9.64. The molecule has 1 N–H and O–H groups in total. The molecule has 1 aliphatic heterocycles. The molecule has 0 amide bonds. The Bertz CT molecular complexity index is 170. The standard InChI is InChI=1S/C10H23NO2Si/c1-9(8-14(3,4)12-2)10-7-11-5-6-13-10/h9-11H,5-8H2,1-4H3. The van der Waals surface area contributed by atoms with Crippen molar-refractivity contribution in [1.29, 1.82) is 0 Å². The predicted octanol–water partition coefficient (Wildman–Crippen LogP) is 1.46. The molecule has 2 atom stereocenters. The van der Waals surface area contributed by atoms with Crippen LogP contribution in [-0.2, 0) is 9.16 Å². The first kappa shape index (κ1) is 12.2. The Morgan fingerprint density at radius 2 is 2.29 bits per heavy atom. The number of rotatable bonds is 4. The Morgan fingerprint density at radius 3 is 2.79 bits per heavy atom. The lowest BCUT2D eigenvalue weighted by Gasteiger charge is -2.32. The summed E-state index contributed by atoms with van der Waals surface area (Å²) in [4.78, 5) is 0. The van der Waals surface area contributed by atoms with Gasteiger partial charge in [0, 0.05) is 20.2 Å². The fourth-order valence-electron chi connectivity index (χ4n) is 1.94. The zero-order valence-corrected chi connectivity index (χ0v) is 10.8. The molecule has 1 fully saturated rings. The minimum Gasteiger partial charge on any atom is -0.420 e. The van der Waals surface area contributed by atoms with E-state index in [0.717, 1.165) is 19.7 Å². The minimum atomic E-state index is -1.43. The van der Waals surface area contributed by atoms with Crippen molar-refractivity contribution < 1.29 is 9.16 Å². The van der Waals surface area contributed by atoms with Crippen molar-refractivity contribution in [3.63, 3.8) is 0 Å². The van der Waals surface area contributed by atoms with Crippen molar-refractivity contribution in [2.75, 3.05) is 26.8 Å². The second kappa shape index (κ2) is 5.26. The van der Waals surface area contributed by atoms with E-state index in [1.54, 1.807) is 0 Å². The monoisotopic (exact) mass is 217 g/mol. The molecule has 2 unspecified atom stereocenters. The summed E-state index contributed by atoms with van der Waals surface area (Å²) in [6.07, 6.45) is 0.380. The highest BCUT2D eigenvalue weighted by Gasteiger charge is 2.29. The van der Waals surface area contributed by atoms with Gasteiger partial charge in [-0.25, -0.2) is 0 Å². The van der Waals surface area contributed by atoms with Crippen molar-refractivity contribution >= 4 is 8.32 Å². The zero-order valence-electron chi connectivity index (χ0n) is 9.80. The Labute approximate surface area is 88.3 Å². The van der Waals surface area contributed by atoms with E-state index in [4.69, 9.17) is 9.16 Å². The molecule has 0 aliphatic carbocycles. The first-order chi connectivity index (χ1) is 6.55. The van der Waals surface area contributed by atoms with Crippen LogP contribution in [0.4, 0.5) is 0 Å². The van der Waals surface area contributed by atoms with Crippen molar-refractivity contribution in [3.8, 4) is 0 Å². The van der Waals surface area contributed by atoms with Gasteiger partial charge >= 0.3 is 0 Å². The molecule has 0 spiro atoms. The van der Waals surface area contributed by atoms with Crippen LogP contribution in [0, 0.1) is 5.92 Å². The third kappa shape index (κ3) is 3.69. The first-order valence-corrected chi connectivity index (χ1v) is 8.54. The highest BCUT2D eigenvalue weighted by molar-refractivity contribution is 6.71. The largest absolute Gasteiger partial charge is 0.420 e. The SMILES string of the molecule is CO[Si](C)(C)CC(C)C1CNCCO1. The van der Waals surface area contributed by atoms with Gasteiger partial charge in [0.05, 0.1) is 12.7 Å². The fraction of sp³-hybridized carbons (Fsp3) is 1.00. The van der Waals surface area contributed by atoms with Gasteiger partial charge in [-0.15, -0.1) is 0 Å². The van der Waals surface area contributed by atoms with Crippen molar-refractivity contribution in [2.45, 2.75) is 32.2 Å². The average Bonchev–Trinajstić information content (AvgIpc) is 2.19. The smallest absolute Gasteiger partial charge is 0.186 e. The van der Waals surface area contributed by atoms with Gasteiger partial charge in [-0.05, 0) is 25.1 Å². The Morgan fingerprint density at radius 1 is 1.57 bits per heavy atom. The summed E-state index contributed by atoms with van der Waals surface area (Å²) in [5.41, 5.74) is 0. The fourth-order valence-corrected chi connectivity index (χ4v) is 3.92. The molecule has 0 saturated carbocycles. The van der Waals surface area contributed by atoms with Gasteiger partial charge in [0.25, 0.3) is 0 Å². The summed E-state index contributed by atoms with van der Waals surface area (Å²) < 4.78 is 11.3. The normalized spacial score (nSPS) is 26.1. The van der Waals surface area contributed by atoms with Crippen LogP contribution >= 0.6 is 0 Å². The lowest BCUT2D eigenvalue weighted by Crippen LogP contribution is -2.44. The molecule has 1 aliphatic rings. The molecular formula is C10H23NO2Si. The van der Waals surface area contributed by atoms with Crippen molar-refractivity contribution in [2.24, 2.45) is 5.92 Å². The average molecular weight is 217 g/mol. The maximum absolute atomic E-state index is 5.73. The van der Waals surface area contributed by atoms with E-state index in [1.807, 2.05) is 7.11 Å². The molecule has 84 valence electrons. The zero-order chi connectivity index (χ0) is 10.6. The van der Waals surface area contributed by atoms with Crippen molar-refractivity contribution in [3.05, 3.63) is 0 Å². The number of ether oxygens (including phenoxy) is 1. The summed E-state index contributed by atoms with van der Waals surface area (Å²) in [5, 5.41) is 3.37. The van der Waals surface area contributed by atoms with Crippen LogP contribution in [0.2, 0.25) is 19.1 Å². The molecule has 0 aromatic rings. The maximum atomic E-state index is 5.73. The lowest BCUT2D eigenvalue weighted by molar-refractivity contribution is -0.000512. The van der Waals surface area contributed by atoms with Crippen LogP contribution < -0.4 is 5.32 Å². The molecule has 0 aromatic heterocycles. The second-order valence-electron chi connectivity index (χ2n) is 4.76. The molecule has 1 heterocycles. The molecule has 0 radical (unpaired) electrons. The molecule has 0 bridgehead atoms. The first-order valence-electron chi connectivity index (χ1n) is 5.42. The highest BCUT2D eigenvalue weighted by atomic mass is 28.4. The second-order valence-corrected chi connectivity index (χ2v) is 9.09. The van der Waals surface area contributed by atoms with E-state index < -0.39 is 8.32 Å². The number of hydrogen-bond donors (Lipinski definition) is 1. The highest BCUT2D eigenvalue weighted by Crippen LogP contribution is 2.22. The molecule has 0 aromatic carbocycles. The maximum Gasteiger partial charge on any atom is 0.186 e. The molecule has 14 heavy (non-hydrogen) atoms. The number of morpholine rings is 1. The van der Waals surface area contributed by atoms with Crippen LogP contribution in [-0.4, -0.2) is 41.2 Å². The van der Waals surface area contributed by atoms with E-state index in [1.165, 1.54) is 6.04 Å².